The summed E-state index contributed by atoms with van der Waals surface area (Å²) in [5.41, 5.74) is 3.90. The first kappa shape index (κ1) is 14.3. The Bertz CT molecular complexity index is 997. The van der Waals surface area contributed by atoms with Crippen LogP contribution in [0.3, 0.4) is 0 Å². The van der Waals surface area contributed by atoms with Gasteiger partial charge in [0.15, 0.2) is 0 Å². The standard InChI is InChI=1S/C19H15N3O2/c1-12-13(10-11-24-12)19(23)22-15-7-3-2-6-14(15)18-20-16-8-4-5-9-17(16)21-18/h2-11H,1H3,(H,20,21)(H,22,23). The Balaban J connectivity index is 1.73. The minimum absolute atomic E-state index is 0.204. The molecule has 0 bridgehead atoms. The van der Waals surface area contributed by atoms with Gasteiger partial charge in [0, 0.05) is 5.56 Å². The molecule has 0 saturated carbocycles. The molecule has 5 nitrogen and oxygen atoms in total. The fourth-order valence-corrected chi connectivity index (χ4v) is 2.69. The van der Waals surface area contributed by atoms with Gasteiger partial charge in [0.05, 0.1) is 28.5 Å². The number of benzene rings is 2. The van der Waals surface area contributed by atoms with Gasteiger partial charge in [-0.2, -0.15) is 0 Å². The lowest BCUT2D eigenvalue weighted by Gasteiger charge is -2.09. The molecule has 0 radical (unpaired) electrons. The number of aromatic amines is 1. The fraction of sp³-hybridized carbons (Fsp3) is 0.0526. The SMILES string of the molecule is Cc1occc1C(=O)Nc1ccccc1-c1nc2ccccc2[nH]1. The van der Waals surface area contributed by atoms with E-state index < -0.39 is 0 Å². The smallest absolute Gasteiger partial charge is 0.259 e. The van der Waals surface area contributed by atoms with Gasteiger partial charge < -0.3 is 14.7 Å². The topological polar surface area (TPSA) is 70.9 Å². The van der Waals surface area contributed by atoms with Crippen LogP contribution in [0.25, 0.3) is 22.4 Å². The Morgan fingerprint density at radius 3 is 2.67 bits per heavy atom. The molecule has 2 N–H and O–H groups in total. The van der Waals surface area contributed by atoms with Crippen molar-refractivity contribution in [2.75, 3.05) is 5.32 Å². The van der Waals surface area contributed by atoms with E-state index in [0.29, 0.717) is 17.0 Å². The van der Waals surface area contributed by atoms with Crippen molar-refractivity contribution < 1.29 is 9.21 Å². The molecule has 0 aliphatic heterocycles. The molecule has 0 atom stereocenters. The first-order chi connectivity index (χ1) is 11.7. The lowest BCUT2D eigenvalue weighted by atomic mass is 10.1. The number of H-pyrrole nitrogens is 1. The van der Waals surface area contributed by atoms with Crippen LogP contribution in [-0.4, -0.2) is 15.9 Å². The number of nitrogens with one attached hydrogen (secondary N) is 2. The monoisotopic (exact) mass is 317 g/mol. The van der Waals surface area contributed by atoms with Crippen molar-refractivity contribution in [1.82, 2.24) is 9.97 Å². The molecule has 4 rings (SSSR count). The van der Waals surface area contributed by atoms with Crippen LogP contribution in [0, 0.1) is 6.92 Å². The number of imidazole rings is 1. The molecule has 4 aromatic rings. The van der Waals surface area contributed by atoms with Crippen molar-refractivity contribution in [3.8, 4) is 11.4 Å². The van der Waals surface area contributed by atoms with Crippen molar-refractivity contribution in [3.05, 3.63) is 72.2 Å². The zero-order valence-electron chi connectivity index (χ0n) is 13.0. The third-order valence-corrected chi connectivity index (χ3v) is 3.92. The summed E-state index contributed by atoms with van der Waals surface area (Å²) < 4.78 is 5.20. The quantitative estimate of drug-likeness (QED) is 0.589. The Morgan fingerprint density at radius 2 is 1.88 bits per heavy atom. The van der Waals surface area contributed by atoms with Crippen LogP contribution in [0.2, 0.25) is 0 Å². The summed E-state index contributed by atoms with van der Waals surface area (Å²) >= 11 is 0. The number of carbonyl (C=O) groups is 1. The summed E-state index contributed by atoms with van der Waals surface area (Å²) in [6.07, 6.45) is 1.51. The highest BCUT2D eigenvalue weighted by molar-refractivity contribution is 6.06. The number of fused-ring (bicyclic) bond motifs is 1. The number of aromatic nitrogens is 2. The van der Waals surface area contributed by atoms with E-state index in [2.05, 4.69) is 15.3 Å². The largest absolute Gasteiger partial charge is 0.469 e. The number of hydrogen-bond acceptors (Lipinski definition) is 3. The molecule has 0 fully saturated rings. The summed E-state index contributed by atoms with van der Waals surface area (Å²) in [6.45, 7) is 1.76. The molecule has 2 aromatic heterocycles. The molecule has 0 saturated heterocycles. The second-order valence-corrected chi connectivity index (χ2v) is 5.49. The Kier molecular flexibility index (Phi) is 3.39. The van der Waals surface area contributed by atoms with E-state index in [1.54, 1.807) is 13.0 Å². The fourth-order valence-electron chi connectivity index (χ4n) is 2.69. The summed E-state index contributed by atoms with van der Waals surface area (Å²) in [6, 6.07) is 17.1. The second-order valence-electron chi connectivity index (χ2n) is 5.49. The molecule has 0 aliphatic carbocycles. The number of amides is 1. The summed E-state index contributed by atoms with van der Waals surface area (Å²) in [7, 11) is 0. The molecule has 2 aromatic carbocycles. The number of aryl methyl sites for hydroxylation is 1. The minimum atomic E-state index is -0.204. The Labute approximate surface area is 138 Å². The van der Waals surface area contributed by atoms with E-state index in [1.807, 2.05) is 48.5 Å². The van der Waals surface area contributed by atoms with Crippen LogP contribution in [0.5, 0.6) is 0 Å². The zero-order valence-corrected chi connectivity index (χ0v) is 13.0. The number of para-hydroxylation sites is 3. The summed E-state index contributed by atoms with van der Waals surface area (Å²) in [5, 5.41) is 2.94. The maximum absolute atomic E-state index is 12.4. The zero-order chi connectivity index (χ0) is 16.5. The van der Waals surface area contributed by atoms with Crippen LogP contribution in [0.15, 0.2) is 65.3 Å². The van der Waals surface area contributed by atoms with E-state index in [1.165, 1.54) is 6.26 Å². The average Bonchev–Trinajstić information content (AvgIpc) is 3.21. The average molecular weight is 317 g/mol. The van der Waals surface area contributed by atoms with E-state index >= 15 is 0 Å². The second kappa shape index (κ2) is 5.70. The highest BCUT2D eigenvalue weighted by Crippen LogP contribution is 2.28. The van der Waals surface area contributed by atoms with Crippen molar-refractivity contribution >= 4 is 22.6 Å². The molecule has 0 unspecified atom stereocenters. The van der Waals surface area contributed by atoms with Crippen LogP contribution in [0.4, 0.5) is 5.69 Å². The van der Waals surface area contributed by atoms with Crippen molar-refractivity contribution in [2.24, 2.45) is 0 Å². The van der Waals surface area contributed by atoms with Crippen LogP contribution >= 0.6 is 0 Å². The summed E-state index contributed by atoms with van der Waals surface area (Å²) in [4.78, 5) is 20.3. The van der Waals surface area contributed by atoms with Gasteiger partial charge >= 0.3 is 0 Å². The molecule has 118 valence electrons. The van der Waals surface area contributed by atoms with Gasteiger partial charge in [-0.15, -0.1) is 0 Å². The molecule has 24 heavy (non-hydrogen) atoms. The van der Waals surface area contributed by atoms with E-state index in [4.69, 9.17) is 4.42 Å². The third kappa shape index (κ3) is 2.46. The van der Waals surface area contributed by atoms with Crippen LogP contribution in [-0.2, 0) is 0 Å². The molecular formula is C19H15N3O2. The molecular weight excluding hydrogens is 302 g/mol. The van der Waals surface area contributed by atoms with Gasteiger partial charge in [0.1, 0.15) is 11.6 Å². The molecule has 5 heteroatoms. The number of nitrogens with zero attached hydrogens (tertiary/aromatic N) is 1. The summed E-state index contributed by atoms with van der Waals surface area (Å²) in [5.74, 6) is 1.11. The van der Waals surface area contributed by atoms with Crippen molar-refractivity contribution in [3.63, 3.8) is 0 Å². The molecule has 0 aliphatic rings. The molecule has 1 amide bonds. The highest BCUT2D eigenvalue weighted by atomic mass is 16.3. The first-order valence-corrected chi connectivity index (χ1v) is 7.62. The van der Waals surface area contributed by atoms with E-state index in [9.17, 15) is 4.79 Å². The third-order valence-electron chi connectivity index (χ3n) is 3.92. The maximum atomic E-state index is 12.4. The predicted molar refractivity (Wildman–Crippen MR) is 92.9 cm³/mol. The number of hydrogen-bond donors (Lipinski definition) is 2. The van der Waals surface area contributed by atoms with Crippen LogP contribution < -0.4 is 5.32 Å². The van der Waals surface area contributed by atoms with Gasteiger partial charge in [-0.05, 0) is 37.3 Å². The number of furan rings is 1. The number of carbonyl (C=O) groups excluding carboxylic acids is 1. The first-order valence-electron chi connectivity index (χ1n) is 7.62. The maximum Gasteiger partial charge on any atom is 0.259 e. The Morgan fingerprint density at radius 1 is 1.08 bits per heavy atom. The Hall–Kier alpha value is -3.34. The van der Waals surface area contributed by atoms with E-state index in [0.717, 1.165) is 22.4 Å². The van der Waals surface area contributed by atoms with Gasteiger partial charge in [0.2, 0.25) is 0 Å². The molecule has 2 heterocycles. The lowest BCUT2D eigenvalue weighted by Crippen LogP contribution is -2.12. The van der Waals surface area contributed by atoms with Gasteiger partial charge in [-0.3, -0.25) is 4.79 Å². The van der Waals surface area contributed by atoms with Gasteiger partial charge in [0.25, 0.3) is 5.91 Å². The normalized spacial score (nSPS) is 10.9. The minimum Gasteiger partial charge on any atom is -0.469 e. The van der Waals surface area contributed by atoms with Gasteiger partial charge in [-0.25, -0.2) is 4.98 Å². The number of anilines is 1. The van der Waals surface area contributed by atoms with Gasteiger partial charge in [-0.1, -0.05) is 24.3 Å². The van der Waals surface area contributed by atoms with Crippen molar-refractivity contribution in [1.29, 1.82) is 0 Å². The molecule has 0 spiro atoms. The van der Waals surface area contributed by atoms with Crippen molar-refractivity contribution in [2.45, 2.75) is 6.92 Å². The van der Waals surface area contributed by atoms with E-state index in [-0.39, 0.29) is 5.91 Å². The highest BCUT2D eigenvalue weighted by Gasteiger charge is 2.15. The predicted octanol–water partition coefficient (Wildman–Crippen LogP) is 4.38. The number of rotatable bonds is 3. The lowest BCUT2D eigenvalue weighted by molar-refractivity contribution is 0.102. The van der Waals surface area contributed by atoms with Crippen LogP contribution in [0.1, 0.15) is 16.1 Å².